The molecule has 2 saturated carbocycles. The predicted octanol–water partition coefficient (Wildman–Crippen LogP) is 3.16. The largest absolute Gasteiger partial charge is 0.368 e. The number of H-pyrrole nitrogens is 1. The molecule has 0 saturated heterocycles. The summed E-state index contributed by atoms with van der Waals surface area (Å²) in [6.07, 6.45) is 10.1. The highest BCUT2D eigenvalue weighted by Crippen LogP contribution is 2.54. The van der Waals surface area contributed by atoms with Crippen molar-refractivity contribution in [1.29, 1.82) is 10.7 Å². The summed E-state index contributed by atoms with van der Waals surface area (Å²) >= 11 is 0. The summed E-state index contributed by atoms with van der Waals surface area (Å²) in [4.78, 5) is 11.9. The zero-order chi connectivity index (χ0) is 20.4. The van der Waals surface area contributed by atoms with Gasteiger partial charge in [0, 0.05) is 36.0 Å². The molecule has 148 valence electrons. The fraction of sp³-hybridized carbons (Fsp3) is 0.455. The lowest BCUT2D eigenvalue weighted by molar-refractivity contribution is 0.308. The first kappa shape index (κ1) is 17.9. The first-order valence-corrected chi connectivity index (χ1v) is 10.1. The van der Waals surface area contributed by atoms with E-state index in [4.69, 9.17) is 5.41 Å². The fourth-order valence-electron chi connectivity index (χ4n) is 5.11. The molecule has 2 aromatic rings. The summed E-state index contributed by atoms with van der Waals surface area (Å²) < 4.78 is 1.91. The molecule has 0 radical (unpaired) electrons. The van der Waals surface area contributed by atoms with Crippen molar-refractivity contribution in [2.45, 2.75) is 39.2 Å². The van der Waals surface area contributed by atoms with Gasteiger partial charge in [-0.25, -0.2) is 9.98 Å². The molecule has 3 aliphatic rings. The van der Waals surface area contributed by atoms with Crippen LogP contribution in [0.4, 0.5) is 0 Å². The second kappa shape index (κ2) is 5.93. The molecule has 1 aliphatic heterocycles. The summed E-state index contributed by atoms with van der Waals surface area (Å²) in [5.41, 5.74) is 2.62. The van der Waals surface area contributed by atoms with Crippen molar-refractivity contribution in [1.82, 2.24) is 19.9 Å². The van der Waals surface area contributed by atoms with Gasteiger partial charge in [0.15, 0.2) is 5.65 Å². The van der Waals surface area contributed by atoms with E-state index in [9.17, 15) is 5.26 Å². The zero-order valence-corrected chi connectivity index (χ0v) is 16.7. The number of hydrogen-bond donors (Lipinski definition) is 3. The van der Waals surface area contributed by atoms with Crippen LogP contribution >= 0.6 is 0 Å². The molecule has 2 fully saturated rings. The van der Waals surface area contributed by atoms with E-state index in [0.717, 1.165) is 41.9 Å². The molecule has 5 rings (SSSR count). The van der Waals surface area contributed by atoms with Gasteiger partial charge in [0.2, 0.25) is 0 Å². The summed E-state index contributed by atoms with van der Waals surface area (Å²) in [5.74, 6) is 1.41. The quantitative estimate of drug-likeness (QED) is 0.750. The molecule has 29 heavy (non-hydrogen) atoms. The Morgan fingerprint density at radius 1 is 1.45 bits per heavy atom. The van der Waals surface area contributed by atoms with Crippen LogP contribution in [0.1, 0.15) is 33.1 Å². The molecule has 0 spiro atoms. The van der Waals surface area contributed by atoms with Crippen LogP contribution in [0.25, 0.3) is 16.9 Å². The van der Waals surface area contributed by atoms with Crippen LogP contribution < -0.4 is 10.8 Å². The van der Waals surface area contributed by atoms with Crippen LogP contribution in [-0.4, -0.2) is 26.8 Å². The van der Waals surface area contributed by atoms with Crippen molar-refractivity contribution >= 4 is 23.1 Å². The van der Waals surface area contributed by atoms with E-state index in [1.54, 1.807) is 6.20 Å². The Morgan fingerprint density at radius 3 is 3.03 bits per heavy atom. The molecule has 2 aliphatic carbocycles. The number of aromatic amines is 1. The Kier molecular flexibility index (Phi) is 3.66. The summed E-state index contributed by atoms with van der Waals surface area (Å²) in [5, 5.41) is 21.3. The Bertz CT molecular complexity index is 1170. The van der Waals surface area contributed by atoms with Crippen LogP contribution in [0.15, 0.2) is 41.9 Å². The first-order valence-electron chi connectivity index (χ1n) is 10.1. The second-order valence-corrected chi connectivity index (χ2v) is 9.28. The minimum atomic E-state index is -0.346. The lowest BCUT2D eigenvalue weighted by atomic mass is 9.80. The summed E-state index contributed by atoms with van der Waals surface area (Å²) in [6, 6.07) is 4.60. The van der Waals surface area contributed by atoms with Crippen molar-refractivity contribution in [2.75, 3.05) is 0 Å². The molecule has 4 atom stereocenters. The SMILES string of the molecule is C=C([C@H]1C[C@@H](NC2=CC3CC3(C#N)C=N2)CC1(C)C)n1c(=N)cnc2[nH]ccc21. The number of nitrogens with zero attached hydrogens (tertiary/aromatic N) is 4. The van der Waals surface area contributed by atoms with E-state index >= 15 is 0 Å². The highest BCUT2D eigenvalue weighted by atomic mass is 15.1. The lowest BCUT2D eigenvalue weighted by Crippen LogP contribution is -2.28. The average molecular weight is 387 g/mol. The Hall–Kier alpha value is -3.14. The van der Waals surface area contributed by atoms with E-state index in [2.05, 4.69) is 52.8 Å². The number of aromatic nitrogens is 3. The maximum Gasteiger partial charge on any atom is 0.154 e. The molecule has 0 bridgehead atoms. The highest BCUT2D eigenvalue weighted by Gasteiger charge is 2.54. The number of hydrogen-bond acceptors (Lipinski definition) is 5. The third kappa shape index (κ3) is 2.74. The summed E-state index contributed by atoms with van der Waals surface area (Å²) in [7, 11) is 0. The maximum absolute atomic E-state index is 9.29. The van der Waals surface area contributed by atoms with Gasteiger partial charge in [-0.15, -0.1) is 0 Å². The zero-order valence-electron chi connectivity index (χ0n) is 16.7. The van der Waals surface area contributed by atoms with Gasteiger partial charge >= 0.3 is 0 Å². The van der Waals surface area contributed by atoms with Crippen LogP contribution in [0, 0.1) is 39.4 Å². The van der Waals surface area contributed by atoms with Gasteiger partial charge in [-0.05, 0) is 36.8 Å². The minimum Gasteiger partial charge on any atom is -0.368 e. The first-order chi connectivity index (χ1) is 13.8. The van der Waals surface area contributed by atoms with Crippen molar-refractivity contribution < 1.29 is 0 Å². The molecule has 2 unspecified atom stereocenters. The van der Waals surface area contributed by atoms with E-state index in [0.29, 0.717) is 11.4 Å². The molecule has 0 amide bonds. The van der Waals surface area contributed by atoms with E-state index in [1.807, 2.05) is 23.0 Å². The van der Waals surface area contributed by atoms with Gasteiger partial charge in [-0.3, -0.25) is 9.98 Å². The molecule has 2 aromatic heterocycles. The van der Waals surface area contributed by atoms with Crippen LogP contribution in [0.3, 0.4) is 0 Å². The lowest BCUT2D eigenvalue weighted by Gasteiger charge is -2.29. The summed E-state index contributed by atoms with van der Waals surface area (Å²) in [6.45, 7) is 8.94. The number of nitriles is 1. The topological polar surface area (TPSA) is 106 Å². The van der Waals surface area contributed by atoms with Crippen molar-refractivity contribution in [2.24, 2.45) is 27.7 Å². The molecule has 7 heteroatoms. The molecule has 3 heterocycles. The Labute approximate surface area is 169 Å². The smallest absolute Gasteiger partial charge is 0.154 e. The highest BCUT2D eigenvalue weighted by molar-refractivity contribution is 5.78. The van der Waals surface area contributed by atoms with Crippen LogP contribution in [0.2, 0.25) is 0 Å². The maximum atomic E-state index is 9.29. The van der Waals surface area contributed by atoms with Crippen LogP contribution in [-0.2, 0) is 0 Å². The van der Waals surface area contributed by atoms with Gasteiger partial charge in [-0.2, -0.15) is 5.26 Å². The van der Waals surface area contributed by atoms with Gasteiger partial charge in [0.1, 0.15) is 11.3 Å². The van der Waals surface area contributed by atoms with E-state index < -0.39 is 0 Å². The van der Waals surface area contributed by atoms with Crippen molar-refractivity contribution in [3.8, 4) is 6.07 Å². The van der Waals surface area contributed by atoms with Gasteiger partial charge in [0.05, 0.1) is 23.2 Å². The molecule has 0 aromatic carbocycles. The van der Waals surface area contributed by atoms with Gasteiger partial charge in [-0.1, -0.05) is 20.4 Å². The average Bonchev–Trinajstić information content (AvgIpc) is 3.05. The molecular formula is C22H25N7. The fourth-order valence-corrected chi connectivity index (χ4v) is 5.11. The van der Waals surface area contributed by atoms with Crippen LogP contribution in [0.5, 0.6) is 0 Å². The minimum absolute atomic E-state index is 0.0367. The third-order valence-electron chi connectivity index (χ3n) is 6.84. The number of allylic oxidation sites excluding steroid dienone is 2. The van der Waals surface area contributed by atoms with Crippen molar-refractivity contribution in [3.63, 3.8) is 0 Å². The normalized spacial score (nSPS) is 31.8. The Morgan fingerprint density at radius 2 is 2.28 bits per heavy atom. The predicted molar refractivity (Wildman–Crippen MR) is 111 cm³/mol. The number of rotatable bonds is 4. The van der Waals surface area contributed by atoms with Crippen molar-refractivity contribution in [3.05, 3.63) is 42.4 Å². The molecule has 7 nitrogen and oxygen atoms in total. The monoisotopic (exact) mass is 387 g/mol. The third-order valence-corrected chi connectivity index (χ3v) is 6.84. The van der Waals surface area contributed by atoms with Gasteiger partial charge < -0.3 is 10.3 Å². The Balaban J connectivity index is 1.38. The second-order valence-electron chi connectivity index (χ2n) is 9.28. The van der Waals surface area contributed by atoms with Gasteiger partial charge in [0.25, 0.3) is 0 Å². The molecular weight excluding hydrogens is 362 g/mol. The number of aliphatic imine (C=N–C) groups is 1. The number of nitrogens with one attached hydrogen (secondary N) is 3. The molecule has 3 N–H and O–H groups in total. The van der Waals surface area contributed by atoms with E-state index in [1.165, 1.54) is 0 Å². The number of fused-ring (bicyclic) bond motifs is 2. The van der Waals surface area contributed by atoms with E-state index in [-0.39, 0.29) is 22.8 Å². The standard InChI is InChI=1S/C22H25N7/c1-13(29-17-4-5-25-20(17)26-10-18(29)24)16-7-15(9-21(16,2)3)28-19-6-14-8-22(14,11-23)12-27-19/h4-6,10,12,14-16,24-25,28H,1,7-9H2,2-3H3/t14?,15-,16-,22?/m1/s1.